The third kappa shape index (κ3) is 3.58. The summed E-state index contributed by atoms with van der Waals surface area (Å²) in [6, 6.07) is 0. The first-order valence-corrected chi connectivity index (χ1v) is 7.22. The third-order valence-corrected chi connectivity index (χ3v) is 4.60. The van der Waals surface area contributed by atoms with Crippen LogP contribution < -0.4 is 0 Å². The zero-order valence-electron chi connectivity index (χ0n) is 9.87. The predicted octanol–water partition coefficient (Wildman–Crippen LogP) is 2.07. The van der Waals surface area contributed by atoms with Crippen molar-refractivity contribution in [3.05, 3.63) is 29.3 Å². The Morgan fingerprint density at radius 2 is 2.44 bits per heavy atom. The first-order chi connectivity index (χ1) is 8.65. The van der Waals surface area contributed by atoms with Crippen LogP contribution in [0.5, 0.6) is 0 Å². The average Bonchev–Trinajstić information content (AvgIpc) is 2.90. The van der Waals surface area contributed by atoms with E-state index >= 15 is 0 Å². The molecule has 0 unspecified atom stereocenters. The third-order valence-electron chi connectivity index (χ3n) is 2.32. The van der Waals surface area contributed by atoms with Crippen LogP contribution in [0.4, 0.5) is 0 Å². The molecule has 2 rings (SSSR count). The Labute approximate surface area is 113 Å². The number of rotatable bonds is 6. The molecular formula is C11H13N3O2S2. The van der Waals surface area contributed by atoms with Crippen molar-refractivity contribution < 1.29 is 9.90 Å². The fraction of sp³-hybridized carbons (Fsp3) is 0.364. The van der Waals surface area contributed by atoms with Crippen molar-refractivity contribution in [1.82, 2.24) is 14.5 Å². The number of hydrogen-bond acceptors (Lipinski definition) is 5. The molecule has 2 aromatic heterocycles. The fourth-order valence-corrected chi connectivity index (χ4v) is 3.67. The van der Waals surface area contributed by atoms with Gasteiger partial charge in [-0.05, 0) is 6.92 Å². The fourth-order valence-electron chi connectivity index (χ4n) is 1.42. The first-order valence-electron chi connectivity index (χ1n) is 5.42. The van der Waals surface area contributed by atoms with E-state index < -0.39 is 5.97 Å². The Morgan fingerprint density at radius 1 is 1.61 bits per heavy atom. The second-order valence-electron chi connectivity index (χ2n) is 3.71. The summed E-state index contributed by atoms with van der Waals surface area (Å²) in [4.78, 5) is 19.9. The molecule has 96 valence electrons. The molecule has 2 aromatic rings. The van der Waals surface area contributed by atoms with Gasteiger partial charge in [-0.15, -0.1) is 11.3 Å². The second-order valence-corrected chi connectivity index (χ2v) is 6.13. The van der Waals surface area contributed by atoms with Gasteiger partial charge in [-0.1, -0.05) is 11.8 Å². The van der Waals surface area contributed by atoms with Crippen LogP contribution >= 0.6 is 23.1 Å². The summed E-state index contributed by atoms with van der Waals surface area (Å²) in [7, 11) is 0. The highest BCUT2D eigenvalue weighted by Crippen LogP contribution is 2.27. The molecule has 5 nitrogen and oxygen atoms in total. The monoisotopic (exact) mass is 283 g/mol. The number of carboxylic acid groups (broad SMARTS) is 1. The Kier molecular flexibility index (Phi) is 4.38. The quantitative estimate of drug-likeness (QED) is 0.822. The molecule has 0 amide bonds. The summed E-state index contributed by atoms with van der Waals surface area (Å²) in [6.45, 7) is 2.73. The van der Waals surface area contributed by atoms with Gasteiger partial charge in [0.25, 0.3) is 0 Å². The minimum absolute atomic E-state index is 0.0611. The van der Waals surface area contributed by atoms with E-state index in [0.717, 1.165) is 27.2 Å². The standard InChI is InChI=1S/C11H13N3O2S2/c1-8-9(6-10(15)16)18-11(13-8)17-5-4-14-3-2-12-7-14/h2-3,7H,4-6H2,1H3,(H,15,16). The SMILES string of the molecule is Cc1nc(SCCn2ccnc2)sc1CC(=O)O. The number of hydrogen-bond donors (Lipinski definition) is 1. The highest BCUT2D eigenvalue weighted by atomic mass is 32.2. The number of aromatic nitrogens is 3. The van der Waals surface area contributed by atoms with E-state index in [0.29, 0.717) is 0 Å². The normalized spacial score (nSPS) is 10.7. The molecule has 0 aromatic carbocycles. The molecule has 0 aliphatic heterocycles. The van der Waals surface area contributed by atoms with Crippen LogP contribution in [0, 0.1) is 6.92 Å². The Morgan fingerprint density at radius 3 is 3.11 bits per heavy atom. The molecular weight excluding hydrogens is 270 g/mol. The summed E-state index contributed by atoms with van der Waals surface area (Å²) in [5.41, 5.74) is 0.826. The van der Waals surface area contributed by atoms with Gasteiger partial charge in [0.05, 0.1) is 18.4 Å². The van der Waals surface area contributed by atoms with E-state index in [1.54, 1.807) is 24.3 Å². The van der Waals surface area contributed by atoms with Crippen LogP contribution in [0.3, 0.4) is 0 Å². The smallest absolute Gasteiger partial charge is 0.308 e. The lowest BCUT2D eigenvalue weighted by Crippen LogP contribution is -1.99. The lowest BCUT2D eigenvalue weighted by molar-refractivity contribution is -0.136. The van der Waals surface area contributed by atoms with Crippen molar-refractivity contribution in [2.45, 2.75) is 24.2 Å². The number of thiazole rings is 1. The van der Waals surface area contributed by atoms with Crippen molar-refractivity contribution in [3.63, 3.8) is 0 Å². The Bertz CT molecular complexity index is 522. The van der Waals surface area contributed by atoms with Gasteiger partial charge in [0, 0.05) is 29.6 Å². The Balaban J connectivity index is 1.88. The van der Waals surface area contributed by atoms with Crippen molar-refractivity contribution in [1.29, 1.82) is 0 Å². The number of thioether (sulfide) groups is 1. The molecule has 0 spiro atoms. The van der Waals surface area contributed by atoms with Gasteiger partial charge in [0.15, 0.2) is 0 Å². The highest BCUT2D eigenvalue weighted by molar-refractivity contribution is 8.01. The minimum Gasteiger partial charge on any atom is -0.481 e. The van der Waals surface area contributed by atoms with Gasteiger partial charge in [0.1, 0.15) is 4.34 Å². The van der Waals surface area contributed by atoms with E-state index in [2.05, 4.69) is 9.97 Å². The van der Waals surface area contributed by atoms with Gasteiger partial charge in [-0.3, -0.25) is 4.79 Å². The summed E-state index contributed by atoms with van der Waals surface area (Å²) in [6.07, 6.45) is 5.52. The summed E-state index contributed by atoms with van der Waals surface area (Å²) in [5.74, 6) is 0.0900. The van der Waals surface area contributed by atoms with E-state index in [1.807, 2.05) is 17.7 Å². The van der Waals surface area contributed by atoms with Gasteiger partial charge >= 0.3 is 5.97 Å². The minimum atomic E-state index is -0.809. The summed E-state index contributed by atoms with van der Waals surface area (Å²) >= 11 is 3.12. The van der Waals surface area contributed by atoms with Crippen LogP contribution in [0.1, 0.15) is 10.6 Å². The van der Waals surface area contributed by atoms with Gasteiger partial charge < -0.3 is 9.67 Å². The van der Waals surface area contributed by atoms with Gasteiger partial charge in [-0.2, -0.15) is 0 Å². The molecule has 2 heterocycles. The van der Waals surface area contributed by atoms with Crippen LogP contribution in [0.15, 0.2) is 23.1 Å². The Hall–Kier alpha value is -1.34. The molecule has 0 atom stereocenters. The van der Waals surface area contributed by atoms with E-state index in [4.69, 9.17) is 5.11 Å². The molecule has 0 saturated carbocycles. The molecule has 1 N–H and O–H groups in total. The van der Waals surface area contributed by atoms with Gasteiger partial charge in [-0.25, -0.2) is 9.97 Å². The number of aryl methyl sites for hydroxylation is 2. The molecule has 7 heteroatoms. The molecule has 0 aliphatic rings. The lowest BCUT2D eigenvalue weighted by atomic mass is 10.3. The van der Waals surface area contributed by atoms with Crippen LogP contribution in [-0.2, 0) is 17.8 Å². The van der Waals surface area contributed by atoms with Gasteiger partial charge in [0.2, 0.25) is 0 Å². The van der Waals surface area contributed by atoms with Crippen molar-refractivity contribution >= 4 is 29.1 Å². The van der Waals surface area contributed by atoms with E-state index in [-0.39, 0.29) is 6.42 Å². The largest absolute Gasteiger partial charge is 0.481 e. The molecule has 0 radical (unpaired) electrons. The van der Waals surface area contributed by atoms with Crippen molar-refractivity contribution in [3.8, 4) is 0 Å². The summed E-state index contributed by atoms with van der Waals surface area (Å²) < 4.78 is 2.94. The summed E-state index contributed by atoms with van der Waals surface area (Å²) in [5, 5.41) is 8.76. The number of imidazole rings is 1. The van der Waals surface area contributed by atoms with Crippen molar-refractivity contribution in [2.75, 3.05) is 5.75 Å². The number of carboxylic acids is 1. The maximum absolute atomic E-state index is 10.7. The van der Waals surface area contributed by atoms with Crippen LogP contribution in [0.25, 0.3) is 0 Å². The highest BCUT2D eigenvalue weighted by Gasteiger charge is 2.11. The average molecular weight is 283 g/mol. The number of nitrogens with zero attached hydrogens (tertiary/aromatic N) is 3. The van der Waals surface area contributed by atoms with Crippen LogP contribution in [-0.4, -0.2) is 31.4 Å². The molecule has 0 fully saturated rings. The maximum Gasteiger partial charge on any atom is 0.308 e. The maximum atomic E-state index is 10.7. The second kappa shape index (κ2) is 6.01. The first kappa shape index (κ1) is 13.1. The van der Waals surface area contributed by atoms with Crippen LogP contribution in [0.2, 0.25) is 0 Å². The van der Waals surface area contributed by atoms with Crippen molar-refractivity contribution in [2.24, 2.45) is 0 Å². The zero-order valence-corrected chi connectivity index (χ0v) is 11.5. The molecule has 0 bridgehead atoms. The molecule has 18 heavy (non-hydrogen) atoms. The van der Waals surface area contributed by atoms with E-state index in [9.17, 15) is 4.79 Å². The molecule has 0 saturated heterocycles. The topological polar surface area (TPSA) is 68.0 Å². The predicted molar refractivity (Wildman–Crippen MR) is 71.1 cm³/mol. The number of carbonyl (C=O) groups is 1. The molecule has 0 aliphatic carbocycles. The lowest BCUT2D eigenvalue weighted by Gasteiger charge is -1.99. The van der Waals surface area contributed by atoms with E-state index in [1.165, 1.54) is 11.3 Å². The number of aliphatic carboxylic acids is 1. The zero-order chi connectivity index (χ0) is 13.0.